The van der Waals surface area contributed by atoms with Crippen molar-refractivity contribution in [3.05, 3.63) is 35.0 Å². The lowest BCUT2D eigenvalue weighted by molar-refractivity contribution is 0.970. The smallest absolute Gasteiger partial charge is 0.0502 e. The van der Waals surface area contributed by atoms with E-state index in [2.05, 4.69) is 11.1 Å². The quantitative estimate of drug-likeness (QED) is 0.757. The number of rotatable bonds is 2. The third-order valence-electron chi connectivity index (χ3n) is 2.11. The van der Waals surface area contributed by atoms with Gasteiger partial charge in [0.2, 0.25) is 0 Å². The number of nitrogens with two attached hydrogens (primary N) is 1. The molecule has 0 amide bonds. The average Bonchev–Trinajstić information content (AvgIpc) is 2.53. The molecule has 1 aromatic heterocycles. The van der Waals surface area contributed by atoms with Gasteiger partial charge in [-0.1, -0.05) is 11.6 Å². The topological polar surface area (TPSA) is 41.8 Å². The van der Waals surface area contributed by atoms with Crippen molar-refractivity contribution in [2.24, 2.45) is 5.73 Å². The summed E-state index contributed by atoms with van der Waals surface area (Å²) in [5.74, 6) is 0. The Bertz CT molecular complexity index is 420. The van der Waals surface area contributed by atoms with E-state index in [1.807, 2.05) is 18.3 Å². The van der Waals surface area contributed by atoms with Crippen LogP contribution in [0.25, 0.3) is 10.9 Å². The van der Waals surface area contributed by atoms with E-state index in [4.69, 9.17) is 17.3 Å². The van der Waals surface area contributed by atoms with Gasteiger partial charge in [0.1, 0.15) is 0 Å². The molecule has 2 rings (SSSR count). The second kappa shape index (κ2) is 3.40. The van der Waals surface area contributed by atoms with E-state index in [9.17, 15) is 0 Å². The average molecular weight is 195 g/mol. The highest BCUT2D eigenvalue weighted by molar-refractivity contribution is 6.35. The lowest BCUT2D eigenvalue weighted by atomic mass is 10.1. The van der Waals surface area contributed by atoms with Crippen LogP contribution in [0.5, 0.6) is 0 Å². The third-order valence-corrected chi connectivity index (χ3v) is 2.42. The van der Waals surface area contributed by atoms with Gasteiger partial charge in [-0.2, -0.15) is 0 Å². The van der Waals surface area contributed by atoms with Crippen molar-refractivity contribution >= 4 is 22.5 Å². The summed E-state index contributed by atoms with van der Waals surface area (Å²) in [6, 6.07) is 6.04. The fourth-order valence-corrected chi connectivity index (χ4v) is 1.79. The summed E-state index contributed by atoms with van der Waals surface area (Å²) in [5, 5.41) is 1.87. The van der Waals surface area contributed by atoms with Gasteiger partial charge in [0, 0.05) is 17.1 Å². The maximum atomic E-state index is 6.08. The molecule has 0 bridgehead atoms. The lowest BCUT2D eigenvalue weighted by Crippen LogP contribution is -2.02. The Morgan fingerprint density at radius 3 is 3.00 bits per heavy atom. The van der Waals surface area contributed by atoms with Gasteiger partial charge >= 0.3 is 0 Å². The molecule has 0 saturated carbocycles. The van der Waals surface area contributed by atoms with Gasteiger partial charge in [-0.05, 0) is 36.7 Å². The molecule has 68 valence electrons. The van der Waals surface area contributed by atoms with E-state index < -0.39 is 0 Å². The Morgan fingerprint density at radius 2 is 2.23 bits per heavy atom. The monoisotopic (exact) mass is 194 g/mol. The molecule has 0 aliphatic heterocycles. The molecule has 3 heteroatoms. The maximum Gasteiger partial charge on any atom is 0.0502 e. The van der Waals surface area contributed by atoms with Crippen molar-refractivity contribution in [3.63, 3.8) is 0 Å². The first-order valence-corrected chi connectivity index (χ1v) is 4.64. The molecule has 1 heterocycles. The van der Waals surface area contributed by atoms with Gasteiger partial charge < -0.3 is 10.7 Å². The van der Waals surface area contributed by atoms with Crippen LogP contribution in [0.1, 0.15) is 5.56 Å². The Kier molecular flexibility index (Phi) is 2.25. The molecular formula is C10H11ClN2. The Morgan fingerprint density at radius 1 is 1.38 bits per heavy atom. The van der Waals surface area contributed by atoms with E-state index in [0.717, 1.165) is 22.3 Å². The van der Waals surface area contributed by atoms with E-state index in [1.165, 1.54) is 5.56 Å². The summed E-state index contributed by atoms with van der Waals surface area (Å²) in [5.41, 5.74) is 7.74. The second-order valence-electron chi connectivity index (χ2n) is 3.06. The van der Waals surface area contributed by atoms with E-state index >= 15 is 0 Å². The highest BCUT2D eigenvalue weighted by Crippen LogP contribution is 2.24. The fourth-order valence-electron chi connectivity index (χ4n) is 1.49. The first-order chi connectivity index (χ1) is 6.31. The van der Waals surface area contributed by atoms with Crippen LogP contribution < -0.4 is 5.73 Å². The predicted molar refractivity (Wildman–Crippen MR) is 56.1 cm³/mol. The molecule has 2 aromatic rings. The number of fused-ring (bicyclic) bond motifs is 1. The molecule has 0 fully saturated rings. The van der Waals surface area contributed by atoms with E-state index in [1.54, 1.807) is 0 Å². The van der Waals surface area contributed by atoms with Gasteiger partial charge in [-0.15, -0.1) is 0 Å². The van der Waals surface area contributed by atoms with Crippen molar-refractivity contribution in [1.82, 2.24) is 4.98 Å². The minimum Gasteiger partial charge on any atom is -0.361 e. The normalized spacial score (nSPS) is 10.9. The SMILES string of the molecule is NCCc1cc(Cl)c2cc[nH]c2c1. The van der Waals surface area contributed by atoms with Crippen molar-refractivity contribution < 1.29 is 0 Å². The number of nitrogens with one attached hydrogen (secondary N) is 1. The number of H-pyrrole nitrogens is 1. The molecule has 0 unspecified atom stereocenters. The van der Waals surface area contributed by atoms with Crippen molar-refractivity contribution in [1.29, 1.82) is 0 Å². The minimum atomic E-state index is 0.655. The van der Waals surface area contributed by atoms with Gasteiger partial charge in [0.15, 0.2) is 0 Å². The third kappa shape index (κ3) is 1.55. The predicted octanol–water partition coefficient (Wildman–Crippen LogP) is 2.32. The lowest BCUT2D eigenvalue weighted by Gasteiger charge is -2.00. The minimum absolute atomic E-state index is 0.655. The Labute approximate surface area is 81.7 Å². The number of benzene rings is 1. The zero-order chi connectivity index (χ0) is 9.26. The highest BCUT2D eigenvalue weighted by Gasteiger charge is 2.02. The molecule has 0 atom stereocenters. The van der Waals surface area contributed by atoms with Gasteiger partial charge in [0.25, 0.3) is 0 Å². The van der Waals surface area contributed by atoms with Crippen LogP contribution in [-0.2, 0) is 6.42 Å². The molecule has 0 aliphatic rings. The van der Waals surface area contributed by atoms with Crippen molar-refractivity contribution in [3.8, 4) is 0 Å². The molecule has 0 aliphatic carbocycles. The maximum absolute atomic E-state index is 6.08. The largest absolute Gasteiger partial charge is 0.361 e. The summed E-state index contributed by atoms with van der Waals surface area (Å²) in [6.45, 7) is 0.655. The van der Waals surface area contributed by atoms with Gasteiger partial charge in [0.05, 0.1) is 5.02 Å². The number of aromatic amines is 1. The highest BCUT2D eigenvalue weighted by atomic mass is 35.5. The van der Waals surface area contributed by atoms with Crippen molar-refractivity contribution in [2.45, 2.75) is 6.42 Å². The Balaban J connectivity index is 2.56. The van der Waals surface area contributed by atoms with Crippen LogP contribution in [0.4, 0.5) is 0 Å². The van der Waals surface area contributed by atoms with Crippen LogP contribution in [0, 0.1) is 0 Å². The molecule has 1 aromatic carbocycles. The zero-order valence-corrected chi connectivity index (χ0v) is 7.93. The van der Waals surface area contributed by atoms with Crippen LogP contribution in [0.3, 0.4) is 0 Å². The molecule has 3 N–H and O–H groups in total. The van der Waals surface area contributed by atoms with Crippen molar-refractivity contribution in [2.75, 3.05) is 6.54 Å². The molecule has 0 radical (unpaired) electrons. The molecule has 2 nitrogen and oxygen atoms in total. The standard InChI is InChI=1S/C10H11ClN2/c11-9-5-7(1-3-12)6-10-8(9)2-4-13-10/h2,4-6,13H,1,3,12H2. The molecule has 13 heavy (non-hydrogen) atoms. The van der Waals surface area contributed by atoms with Crippen LogP contribution in [0.15, 0.2) is 24.4 Å². The number of aromatic nitrogens is 1. The van der Waals surface area contributed by atoms with Gasteiger partial charge in [-0.25, -0.2) is 0 Å². The summed E-state index contributed by atoms with van der Waals surface area (Å²) >= 11 is 6.08. The summed E-state index contributed by atoms with van der Waals surface area (Å²) in [4.78, 5) is 3.13. The van der Waals surface area contributed by atoms with Crippen LogP contribution in [-0.4, -0.2) is 11.5 Å². The number of hydrogen-bond donors (Lipinski definition) is 2. The fraction of sp³-hybridized carbons (Fsp3) is 0.200. The summed E-state index contributed by atoms with van der Waals surface area (Å²) < 4.78 is 0. The molecule has 0 spiro atoms. The zero-order valence-electron chi connectivity index (χ0n) is 7.18. The summed E-state index contributed by atoms with van der Waals surface area (Å²) in [7, 11) is 0. The van der Waals surface area contributed by atoms with E-state index in [0.29, 0.717) is 6.54 Å². The summed E-state index contributed by atoms with van der Waals surface area (Å²) in [6.07, 6.45) is 2.76. The first kappa shape index (κ1) is 8.60. The second-order valence-corrected chi connectivity index (χ2v) is 3.46. The van der Waals surface area contributed by atoms with Gasteiger partial charge in [-0.3, -0.25) is 0 Å². The first-order valence-electron chi connectivity index (χ1n) is 4.27. The number of halogens is 1. The number of hydrogen-bond acceptors (Lipinski definition) is 1. The Hall–Kier alpha value is -0.990. The molecule has 0 saturated heterocycles. The van der Waals surface area contributed by atoms with Crippen LogP contribution >= 0.6 is 11.6 Å². The van der Waals surface area contributed by atoms with E-state index in [-0.39, 0.29) is 0 Å². The van der Waals surface area contributed by atoms with Crippen LogP contribution in [0.2, 0.25) is 5.02 Å². The molecular weight excluding hydrogens is 184 g/mol.